The lowest BCUT2D eigenvalue weighted by atomic mass is 9.86. The van der Waals surface area contributed by atoms with Crippen molar-refractivity contribution in [2.24, 2.45) is 11.7 Å². The summed E-state index contributed by atoms with van der Waals surface area (Å²) in [5, 5.41) is 0. The molecule has 1 saturated heterocycles. The molecule has 0 aromatic heterocycles. The van der Waals surface area contributed by atoms with Gasteiger partial charge in [-0.05, 0) is 47.6 Å². The number of fused-ring (bicyclic) bond motifs is 1. The molecule has 0 bridgehead atoms. The van der Waals surface area contributed by atoms with Gasteiger partial charge >= 0.3 is 0 Å². The lowest BCUT2D eigenvalue weighted by Crippen LogP contribution is -2.51. The SMILES string of the molecule is C[C@H]1C[C@@H](C(=O)N2CCc3ccccc3[C@@H]2c2ccc(F)cc2)OC[C@@H]1N. The number of carbonyl (C=O) groups excluding carboxylic acids is 1. The Bertz CT molecular complexity index is 823. The van der Waals surface area contributed by atoms with Gasteiger partial charge in [0.25, 0.3) is 5.91 Å². The van der Waals surface area contributed by atoms with Crippen LogP contribution in [0.5, 0.6) is 0 Å². The summed E-state index contributed by atoms with van der Waals surface area (Å²) in [5.41, 5.74) is 9.28. The molecule has 0 spiro atoms. The minimum atomic E-state index is -0.465. The van der Waals surface area contributed by atoms with Gasteiger partial charge in [-0.25, -0.2) is 4.39 Å². The maximum atomic E-state index is 13.5. The number of rotatable bonds is 2. The highest BCUT2D eigenvalue weighted by atomic mass is 19.1. The highest BCUT2D eigenvalue weighted by molar-refractivity contribution is 5.82. The Labute approximate surface area is 159 Å². The number of hydrogen-bond donors (Lipinski definition) is 1. The molecule has 0 radical (unpaired) electrons. The first-order valence-corrected chi connectivity index (χ1v) is 9.55. The zero-order valence-electron chi connectivity index (χ0n) is 15.5. The smallest absolute Gasteiger partial charge is 0.252 e. The molecule has 4 nitrogen and oxygen atoms in total. The van der Waals surface area contributed by atoms with E-state index in [0.29, 0.717) is 19.6 Å². The van der Waals surface area contributed by atoms with Crippen LogP contribution >= 0.6 is 0 Å². The minimum Gasteiger partial charge on any atom is -0.367 e. The summed E-state index contributed by atoms with van der Waals surface area (Å²) in [7, 11) is 0. The van der Waals surface area contributed by atoms with Crippen LogP contribution in [0.1, 0.15) is 36.1 Å². The van der Waals surface area contributed by atoms with Crippen LogP contribution in [0.3, 0.4) is 0 Å². The summed E-state index contributed by atoms with van der Waals surface area (Å²) in [6.45, 7) is 3.10. The highest BCUT2D eigenvalue weighted by Crippen LogP contribution is 2.36. The summed E-state index contributed by atoms with van der Waals surface area (Å²) in [6, 6.07) is 14.4. The van der Waals surface area contributed by atoms with Gasteiger partial charge in [0.1, 0.15) is 11.9 Å². The Kier molecular flexibility index (Phi) is 4.98. The second-order valence-electron chi connectivity index (χ2n) is 7.63. The van der Waals surface area contributed by atoms with Gasteiger partial charge in [-0.3, -0.25) is 4.79 Å². The predicted octanol–water partition coefficient (Wildman–Crippen LogP) is 3.05. The number of nitrogens with two attached hydrogens (primary N) is 1. The van der Waals surface area contributed by atoms with Crippen LogP contribution in [0.25, 0.3) is 0 Å². The average molecular weight is 368 g/mol. The van der Waals surface area contributed by atoms with Gasteiger partial charge in [-0.15, -0.1) is 0 Å². The molecule has 27 heavy (non-hydrogen) atoms. The van der Waals surface area contributed by atoms with Crippen LogP contribution in [0.4, 0.5) is 4.39 Å². The van der Waals surface area contributed by atoms with Gasteiger partial charge in [0.15, 0.2) is 0 Å². The van der Waals surface area contributed by atoms with Crippen molar-refractivity contribution < 1.29 is 13.9 Å². The monoisotopic (exact) mass is 368 g/mol. The summed E-state index contributed by atoms with van der Waals surface area (Å²) < 4.78 is 19.3. The molecule has 2 aliphatic heterocycles. The summed E-state index contributed by atoms with van der Waals surface area (Å²) in [6.07, 6.45) is 0.975. The number of ether oxygens (including phenoxy) is 1. The van der Waals surface area contributed by atoms with Crippen LogP contribution in [0.2, 0.25) is 0 Å². The van der Waals surface area contributed by atoms with Gasteiger partial charge in [0, 0.05) is 12.6 Å². The normalized spacial score (nSPS) is 27.9. The van der Waals surface area contributed by atoms with Crippen molar-refractivity contribution in [1.29, 1.82) is 0 Å². The van der Waals surface area contributed by atoms with Crippen LogP contribution in [-0.4, -0.2) is 36.1 Å². The van der Waals surface area contributed by atoms with E-state index < -0.39 is 6.10 Å². The first-order valence-electron chi connectivity index (χ1n) is 9.55. The first kappa shape index (κ1) is 18.1. The molecular formula is C22H25FN2O2. The van der Waals surface area contributed by atoms with E-state index in [0.717, 1.165) is 17.5 Å². The van der Waals surface area contributed by atoms with E-state index in [1.165, 1.54) is 17.7 Å². The fourth-order valence-electron chi connectivity index (χ4n) is 4.14. The van der Waals surface area contributed by atoms with E-state index in [-0.39, 0.29) is 29.7 Å². The van der Waals surface area contributed by atoms with Crippen molar-refractivity contribution in [2.45, 2.75) is 38.0 Å². The second kappa shape index (κ2) is 7.41. The van der Waals surface area contributed by atoms with E-state index in [1.54, 1.807) is 12.1 Å². The van der Waals surface area contributed by atoms with E-state index in [2.05, 4.69) is 19.1 Å². The molecule has 1 amide bonds. The second-order valence-corrected chi connectivity index (χ2v) is 7.63. The number of halogens is 1. The molecule has 0 aliphatic carbocycles. The Morgan fingerprint density at radius 3 is 2.67 bits per heavy atom. The maximum absolute atomic E-state index is 13.5. The van der Waals surface area contributed by atoms with E-state index >= 15 is 0 Å². The van der Waals surface area contributed by atoms with Gasteiger partial charge in [0.2, 0.25) is 0 Å². The van der Waals surface area contributed by atoms with Crippen LogP contribution < -0.4 is 5.73 Å². The number of carbonyl (C=O) groups is 1. The lowest BCUT2D eigenvalue weighted by molar-refractivity contribution is -0.151. The summed E-state index contributed by atoms with van der Waals surface area (Å²) in [4.78, 5) is 15.2. The van der Waals surface area contributed by atoms with Crippen molar-refractivity contribution in [1.82, 2.24) is 4.90 Å². The summed E-state index contributed by atoms with van der Waals surface area (Å²) >= 11 is 0. The highest BCUT2D eigenvalue weighted by Gasteiger charge is 2.38. The molecule has 0 unspecified atom stereocenters. The largest absolute Gasteiger partial charge is 0.367 e. The maximum Gasteiger partial charge on any atom is 0.252 e. The molecule has 4 atom stereocenters. The third-order valence-electron chi connectivity index (χ3n) is 5.83. The molecular weight excluding hydrogens is 343 g/mol. The van der Waals surface area contributed by atoms with Gasteiger partial charge in [0.05, 0.1) is 12.6 Å². The fourth-order valence-corrected chi connectivity index (χ4v) is 4.14. The fraction of sp³-hybridized carbons (Fsp3) is 0.409. The number of benzene rings is 2. The number of nitrogens with zero attached hydrogens (tertiary/aromatic N) is 1. The van der Waals surface area contributed by atoms with Crippen LogP contribution in [0, 0.1) is 11.7 Å². The molecule has 142 valence electrons. The molecule has 2 heterocycles. The molecule has 4 rings (SSSR count). The quantitative estimate of drug-likeness (QED) is 0.886. The zero-order chi connectivity index (χ0) is 19.0. The van der Waals surface area contributed by atoms with E-state index in [9.17, 15) is 9.18 Å². The van der Waals surface area contributed by atoms with Crippen molar-refractivity contribution in [3.8, 4) is 0 Å². The van der Waals surface area contributed by atoms with Gasteiger partial charge in [-0.2, -0.15) is 0 Å². The molecule has 2 aromatic carbocycles. The van der Waals surface area contributed by atoms with E-state index in [1.807, 2.05) is 17.0 Å². The van der Waals surface area contributed by atoms with Crippen molar-refractivity contribution in [3.63, 3.8) is 0 Å². The molecule has 2 aromatic rings. The van der Waals surface area contributed by atoms with Gasteiger partial charge in [-0.1, -0.05) is 43.3 Å². The molecule has 2 N–H and O–H groups in total. The topological polar surface area (TPSA) is 55.6 Å². The Morgan fingerprint density at radius 2 is 1.93 bits per heavy atom. The lowest BCUT2D eigenvalue weighted by Gasteiger charge is -2.41. The standard InChI is InChI=1S/C22H25FN2O2/c1-14-12-20(27-13-19(14)24)22(26)25-11-10-15-4-2-3-5-18(15)21(25)16-6-8-17(23)9-7-16/h2-9,14,19-21H,10-13,24H2,1H3/t14-,19-,20-,21-/m0/s1. The van der Waals surface area contributed by atoms with Crippen LogP contribution in [-0.2, 0) is 16.0 Å². The molecule has 0 saturated carbocycles. The van der Waals surface area contributed by atoms with Crippen molar-refractivity contribution in [2.75, 3.05) is 13.2 Å². The van der Waals surface area contributed by atoms with Crippen molar-refractivity contribution >= 4 is 5.91 Å². The first-order chi connectivity index (χ1) is 13.0. The number of hydrogen-bond acceptors (Lipinski definition) is 3. The van der Waals surface area contributed by atoms with Crippen molar-refractivity contribution in [3.05, 3.63) is 71.0 Å². The van der Waals surface area contributed by atoms with Crippen LogP contribution in [0.15, 0.2) is 48.5 Å². The zero-order valence-corrected chi connectivity index (χ0v) is 15.5. The predicted molar refractivity (Wildman–Crippen MR) is 102 cm³/mol. The van der Waals surface area contributed by atoms with E-state index in [4.69, 9.17) is 10.5 Å². The third-order valence-corrected chi connectivity index (χ3v) is 5.83. The average Bonchev–Trinajstić information content (AvgIpc) is 2.69. The third kappa shape index (κ3) is 3.49. The number of amides is 1. The molecule has 1 fully saturated rings. The minimum absolute atomic E-state index is 0.00224. The molecule has 2 aliphatic rings. The summed E-state index contributed by atoms with van der Waals surface area (Å²) in [5.74, 6) is -0.0363. The Hall–Kier alpha value is -2.24. The Morgan fingerprint density at radius 1 is 1.19 bits per heavy atom. The Balaban J connectivity index is 1.68. The van der Waals surface area contributed by atoms with Gasteiger partial charge < -0.3 is 15.4 Å². The molecule has 5 heteroatoms.